The third kappa shape index (κ3) is 8.70. The Bertz CT molecular complexity index is 1740. The van der Waals surface area contributed by atoms with Gasteiger partial charge in [0, 0.05) is 31.0 Å². The van der Waals surface area contributed by atoms with E-state index >= 15 is 0 Å². The molecule has 4 aromatic rings. The van der Waals surface area contributed by atoms with Crippen LogP contribution in [-0.4, -0.2) is 85.3 Å². The SMILES string of the molecule is CC(C)(O)O[C@H]1C[C@H](n2ccc3c(N)ncnc32)C[C@@H]1CNCC1CC(Cc2nc3cc(C(F)(F)F)ccc3n2COCCS(C)(C)C)C1. The van der Waals surface area contributed by atoms with Crippen LogP contribution in [0.15, 0.2) is 36.8 Å². The maximum Gasteiger partial charge on any atom is 0.416 e. The minimum absolute atomic E-state index is 0.124. The molecule has 1 aromatic carbocycles. The van der Waals surface area contributed by atoms with Crippen molar-refractivity contribution >= 4 is 37.9 Å². The number of nitrogens with two attached hydrogens (primary N) is 1. The normalized spacial score (nSPS) is 23.8. The van der Waals surface area contributed by atoms with E-state index in [0.717, 1.165) is 73.5 Å². The van der Waals surface area contributed by atoms with Crippen molar-refractivity contribution in [1.29, 1.82) is 0 Å². The fourth-order valence-corrected chi connectivity index (χ4v) is 7.98. The summed E-state index contributed by atoms with van der Waals surface area (Å²) in [4.78, 5) is 13.3. The third-order valence-corrected chi connectivity index (χ3v) is 11.2. The molecule has 0 unspecified atom stereocenters. The summed E-state index contributed by atoms with van der Waals surface area (Å²) in [6, 6.07) is 5.90. The molecule has 0 radical (unpaired) electrons. The Morgan fingerprint density at radius 1 is 1.04 bits per heavy atom. The van der Waals surface area contributed by atoms with Crippen molar-refractivity contribution in [2.45, 2.75) is 76.8 Å². The van der Waals surface area contributed by atoms with E-state index in [1.54, 1.807) is 13.8 Å². The highest BCUT2D eigenvalue weighted by Crippen LogP contribution is 2.41. The molecule has 2 aliphatic rings. The molecule has 2 fully saturated rings. The summed E-state index contributed by atoms with van der Waals surface area (Å²) in [7, 11) is -0.716. The number of aliphatic hydroxyl groups is 1. The van der Waals surface area contributed by atoms with E-state index in [-0.39, 0.29) is 24.8 Å². The lowest BCUT2D eigenvalue weighted by atomic mass is 9.73. The minimum Gasteiger partial charge on any atom is -0.383 e. The molecule has 0 spiro atoms. The van der Waals surface area contributed by atoms with Crippen molar-refractivity contribution in [2.75, 3.05) is 50.0 Å². The van der Waals surface area contributed by atoms with E-state index < -0.39 is 27.6 Å². The number of hydrogen-bond acceptors (Lipinski definition) is 8. The Hall–Kier alpha value is -2.91. The van der Waals surface area contributed by atoms with Gasteiger partial charge in [0.2, 0.25) is 0 Å². The predicted octanol–water partition coefficient (Wildman–Crippen LogP) is 5.97. The number of halogens is 3. The zero-order valence-electron chi connectivity index (χ0n) is 29.0. The van der Waals surface area contributed by atoms with Gasteiger partial charge < -0.3 is 34.8 Å². The van der Waals surface area contributed by atoms with Crippen LogP contribution in [0.1, 0.15) is 57.0 Å². The number of aromatic nitrogens is 5. The molecule has 0 aliphatic heterocycles. The van der Waals surface area contributed by atoms with E-state index in [0.29, 0.717) is 41.7 Å². The number of ether oxygens (including phenoxy) is 2. The van der Waals surface area contributed by atoms with Gasteiger partial charge in [0.1, 0.15) is 30.3 Å². The number of alkyl halides is 3. The first-order valence-corrected chi connectivity index (χ1v) is 20.0. The van der Waals surface area contributed by atoms with Gasteiger partial charge in [-0.2, -0.15) is 13.2 Å². The van der Waals surface area contributed by atoms with Crippen LogP contribution in [0.4, 0.5) is 19.0 Å². The molecule has 0 saturated heterocycles. The van der Waals surface area contributed by atoms with Gasteiger partial charge in [-0.05, 0) is 107 Å². The first-order valence-electron chi connectivity index (χ1n) is 17.0. The van der Waals surface area contributed by atoms with Gasteiger partial charge in [0.25, 0.3) is 0 Å². The number of nitrogens with one attached hydrogen (secondary N) is 1. The monoisotopic (exact) mass is 705 g/mol. The largest absolute Gasteiger partial charge is 0.416 e. The quantitative estimate of drug-likeness (QED) is 0.108. The highest BCUT2D eigenvalue weighted by Gasteiger charge is 2.39. The van der Waals surface area contributed by atoms with Crippen LogP contribution >= 0.6 is 10.0 Å². The second-order valence-corrected chi connectivity index (χ2v) is 19.9. The minimum atomic E-state index is -4.42. The van der Waals surface area contributed by atoms with E-state index in [9.17, 15) is 18.3 Å². The van der Waals surface area contributed by atoms with Gasteiger partial charge in [-0.3, -0.25) is 0 Å². The Balaban J connectivity index is 1.05. The highest BCUT2D eigenvalue weighted by atomic mass is 32.3. The molecule has 14 heteroatoms. The molecular weight excluding hydrogens is 655 g/mol. The summed E-state index contributed by atoms with van der Waals surface area (Å²) < 4.78 is 56.6. The first-order chi connectivity index (χ1) is 23.0. The fourth-order valence-electron chi connectivity index (χ4n) is 7.36. The van der Waals surface area contributed by atoms with Gasteiger partial charge in [0.05, 0.1) is 34.7 Å². The summed E-state index contributed by atoms with van der Waals surface area (Å²) in [6.07, 6.45) is 10.0. The third-order valence-electron chi connectivity index (χ3n) is 9.84. The number of rotatable bonds is 14. The zero-order chi connectivity index (χ0) is 35.1. The summed E-state index contributed by atoms with van der Waals surface area (Å²) >= 11 is 0. The molecule has 49 heavy (non-hydrogen) atoms. The molecule has 0 amide bonds. The number of fused-ring (bicyclic) bond motifs is 2. The van der Waals surface area contributed by atoms with Crippen LogP contribution in [0.3, 0.4) is 0 Å². The molecule has 2 saturated carbocycles. The van der Waals surface area contributed by atoms with Crippen LogP contribution in [-0.2, 0) is 28.8 Å². The van der Waals surface area contributed by atoms with Crippen LogP contribution < -0.4 is 11.1 Å². The van der Waals surface area contributed by atoms with Crippen LogP contribution in [0.5, 0.6) is 0 Å². The highest BCUT2D eigenvalue weighted by molar-refractivity contribution is 8.32. The summed E-state index contributed by atoms with van der Waals surface area (Å²) in [6.45, 7) is 5.85. The van der Waals surface area contributed by atoms with Gasteiger partial charge in [-0.1, -0.05) is 0 Å². The predicted molar refractivity (Wildman–Crippen MR) is 189 cm³/mol. The molecule has 3 aromatic heterocycles. The van der Waals surface area contributed by atoms with Crippen LogP contribution in [0, 0.1) is 17.8 Å². The van der Waals surface area contributed by atoms with Gasteiger partial charge in [-0.15, -0.1) is 0 Å². The smallest absolute Gasteiger partial charge is 0.383 e. The molecule has 0 bridgehead atoms. The molecule has 2 aliphatic carbocycles. The number of nitrogen functional groups attached to an aromatic ring is 1. The van der Waals surface area contributed by atoms with E-state index in [1.807, 2.05) is 16.8 Å². The van der Waals surface area contributed by atoms with E-state index in [4.69, 9.17) is 15.2 Å². The fraction of sp³-hybridized carbons (Fsp3) is 0.629. The molecule has 270 valence electrons. The number of anilines is 1. The summed E-state index contributed by atoms with van der Waals surface area (Å²) in [5.74, 6) is 2.07. The first kappa shape index (κ1) is 35.9. The summed E-state index contributed by atoms with van der Waals surface area (Å²) in [5.41, 5.74) is 7.22. The Kier molecular flexibility index (Phi) is 10.3. The zero-order valence-corrected chi connectivity index (χ0v) is 29.9. The van der Waals surface area contributed by atoms with E-state index in [1.165, 1.54) is 12.4 Å². The van der Waals surface area contributed by atoms with Crippen molar-refractivity contribution < 1.29 is 27.8 Å². The van der Waals surface area contributed by atoms with Crippen molar-refractivity contribution in [3.63, 3.8) is 0 Å². The van der Waals surface area contributed by atoms with Crippen LogP contribution in [0.25, 0.3) is 22.1 Å². The number of hydrogen-bond donors (Lipinski definition) is 3. The maximum atomic E-state index is 13.5. The van der Waals surface area contributed by atoms with Gasteiger partial charge >= 0.3 is 6.18 Å². The molecule has 10 nitrogen and oxygen atoms in total. The average molecular weight is 706 g/mol. The number of benzene rings is 1. The molecule has 3 atom stereocenters. The van der Waals surface area contributed by atoms with Gasteiger partial charge in [-0.25, -0.2) is 25.0 Å². The molecular formula is C35H50F3N7O3S. The molecule has 4 N–H and O–H groups in total. The Labute approximate surface area is 287 Å². The summed E-state index contributed by atoms with van der Waals surface area (Å²) in [5, 5.41) is 15.0. The standard InChI is InChI=1S/C35H50F3N7O3S/c1-34(2,46)48-30-17-26(44-9-8-27-32(39)41-20-42-33(27)44)15-24(30)19-40-18-23-12-22(13-23)14-31-43-28-16-25(35(36,37)38)6-7-29(28)45(31)21-47-10-11-49(3,4)5/h6-9,16,20,22-24,26,30,40,46H,10-15,17-19,21H2,1-5H3,(H2,39,41,42)/t22?,23?,24-,26-,30+/m1/s1. The van der Waals surface area contributed by atoms with E-state index in [2.05, 4.69) is 43.6 Å². The van der Waals surface area contributed by atoms with Crippen LogP contribution in [0.2, 0.25) is 0 Å². The maximum absolute atomic E-state index is 13.5. The average Bonchev–Trinajstić information content (AvgIpc) is 3.67. The number of imidazole rings is 1. The second-order valence-electron chi connectivity index (χ2n) is 15.3. The molecule has 3 heterocycles. The Morgan fingerprint density at radius 3 is 2.53 bits per heavy atom. The van der Waals surface area contributed by atoms with Crippen molar-refractivity contribution in [3.05, 3.63) is 48.2 Å². The number of nitrogens with zero attached hydrogens (tertiary/aromatic N) is 5. The van der Waals surface area contributed by atoms with Gasteiger partial charge in [0.15, 0.2) is 5.79 Å². The lowest BCUT2D eigenvalue weighted by Gasteiger charge is -2.36. The van der Waals surface area contributed by atoms with Crippen molar-refractivity contribution in [1.82, 2.24) is 29.4 Å². The second kappa shape index (κ2) is 14.0. The van der Waals surface area contributed by atoms with Crippen molar-refractivity contribution in [3.8, 4) is 0 Å². The lowest BCUT2D eigenvalue weighted by Crippen LogP contribution is -2.39. The Morgan fingerprint density at radius 2 is 1.82 bits per heavy atom. The molecule has 6 rings (SSSR count). The lowest BCUT2D eigenvalue weighted by molar-refractivity contribution is -0.212. The van der Waals surface area contributed by atoms with Crippen molar-refractivity contribution in [2.24, 2.45) is 17.8 Å². The topological polar surface area (TPSA) is 125 Å².